The first-order valence-corrected chi connectivity index (χ1v) is 9.56. The second-order valence-electron chi connectivity index (χ2n) is 7.05. The third kappa shape index (κ3) is 4.23. The molecule has 4 rings (SSSR count). The van der Waals surface area contributed by atoms with Crippen molar-refractivity contribution in [1.29, 1.82) is 0 Å². The van der Waals surface area contributed by atoms with Crippen LogP contribution < -0.4 is 10.6 Å². The molecule has 2 N–H and O–H groups in total. The van der Waals surface area contributed by atoms with Crippen molar-refractivity contribution in [3.63, 3.8) is 0 Å². The van der Waals surface area contributed by atoms with Crippen LogP contribution in [-0.4, -0.2) is 33.9 Å². The summed E-state index contributed by atoms with van der Waals surface area (Å²) in [5.74, 6) is -1.55. The van der Waals surface area contributed by atoms with E-state index in [1.807, 2.05) is 13.0 Å². The highest BCUT2D eigenvalue weighted by Crippen LogP contribution is 2.20. The van der Waals surface area contributed by atoms with Gasteiger partial charge >= 0.3 is 6.03 Å². The first kappa shape index (κ1) is 20.1. The van der Waals surface area contributed by atoms with E-state index < -0.39 is 30.2 Å². The smallest absolute Gasteiger partial charge is 0.325 e. The molecule has 1 aromatic heterocycles. The van der Waals surface area contributed by atoms with E-state index in [1.165, 1.54) is 12.1 Å². The third-order valence-corrected chi connectivity index (χ3v) is 4.75. The number of anilines is 1. The van der Waals surface area contributed by atoms with Crippen molar-refractivity contribution in [3.8, 4) is 5.69 Å². The maximum absolute atomic E-state index is 14.2. The standard InChI is InChI=1S/C23H19FN4O3/c1-15-6-4-7-16(12-15)25-21(29)14-28-22(30)19(26-23(28)31)13-17-8-5-11-27(17)20-10-3-2-9-18(20)24/h2-13H,14H2,1H3,(H,25,29)(H,26,31). The number of rotatable bonds is 5. The highest BCUT2D eigenvalue weighted by molar-refractivity contribution is 6.15. The fourth-order valence-electron chi connectivity index (χ4n) is 3.31. The van der Waals surface area contributed by atoms with Gasteiger partial charge in [0.2, 0.25) is 5.91 Å². The van der Waals surface area contributed by atoms with Crippen molar-refractivity contribution in [3.05, 3.63) is 89.6 Å². The maximum atomic E-state index is 14.2. The van der Waals surface area contributed by atoms with Crippen LogP contribution in [0.1, 0.15) is 11.3 Å². The van der Waals surface area contributed by atoms with Crippen molar-refractivity contribution < 1.29 is 18.8 Å². The van der Waals surface area contributed by atoms with Crippen LogP contribution in [0.25, 0.3) is 11.8 Å². The number of carbonyl (C=O) groups excluding carboxylic acids is 3. The molecule has 0 radical (unpaired) electrons. The van der Waals surface area contributed by atoms with Gasteiger partial charge in [-0.15, -0.1) is 0 Å². The molecule has 156 valence electrons. The first-order chi connectivity index (χ1) is 14.9. The number of aryl methyl sites for hydroxylation is 1. The normalized spacial score (nSPS) is 14.8. The lowest BCUT2D eigenvalue weighted by molar-refractivity contribution is -0.127. The van der Waals surface area contributed by atoms with Crippen LogP contribution >= 0.6 is 0 Å². The number of nitrogens with one attached hydrogen (secondary N) is 2. The van der Waals surface area contributed by atoms with Crippen molar-refractivity contribution in [2.75, 3.05) is 11.9 Å². The van der Waals surface area contributed by atoms with E-state index in [1.54, 1.807) is 59.3 Å². The molecule has 0 saturated carbocycles. The highest BCUT2D eigenvalue weighted by atomic mass is 19.1. The lowest BCUT2D eigenvalue weighted by Gasteiger charge is -2.12. The predicted octanol–water partition coefficient (Wildman–Crippen LogP) is 3.46. The van der Waals surface area contributed by atoms with Gasteiger partial charge in [0.15, 0.2) is 0 Å². The monoisotopic (exact) mass is 418 g/mol. The molecule has 1 saturated heterocycles. The number of hydrogen-bond donors (Lipinski definition) is 2. The van der Waals surface area contributed by atoms with Crippen LogP contribution in [0.15, 0.2) is 72.6 Å². The third-order valence-electron chi connectivity index (χ3n) is 4.75. The summed E-state index contributed by atoms with van der Waals surface area (Å²) in [6.07, 6.45) is 3.10. The molecule has 0 aliphatic carbocycles. The Morgan fingerprint density at radius 1 is 1.10 bits per heavy atom. The Hall–Kier alpha value is -4.20. The van der Waals surface area contributed by atoms with E-state index in [4.69, 9.17) is 0 Å². The summed E-state index contributed by atoms with van der Waals surface area (Å²) in [4.78, 5) is 38.1. The lowest BCUT2D eigenvalue weighted by Crippen LogP contribution is -2.38. The van der Waals surface area contributed by atoms with Crippen molar-refractivity contribution in [2.24, 2.45) is 0 Å². The zero-order valence-corrected chi connectivity index (χ0v) is 16.6. The maximum Gasteiger partial charge on any atom is 0.329 e. The van der Waals surface area contributed by atoms with Gasteiger partial charge in [0.25, 0.3) is 5.91 Å². The van der Waals surface area contributed by atoms with Gasteiger partial charge < -0.3 is 15.2 Å². The first-order valence-electron chi connectivity index (χ1n) is 9.56. The quantitative estimate of drug-likeness (QED) is 0.492. The van der Waals surface area contributed by atoms with Gasteiger partial charge in [-0.3, -0.25) is 9.59 Å². The average molecular weight is 418 g/mol. The molecular formula is C23H19FN4O3. The zero-order chi connectivity index (χ0) is 22.0. The molecule has 7 nitrogen and oxygen atoms in total. The molecule has 1 aliphatic rings. The summed E-state index contributed by atoms with van der Waals surface area (Å²) in [6.45, 7) is 1.46. The Balaban J connectivity index is 1.51. The van der Waals surface area contributed by atoms with Crippen LogP contribution in [0.3, 0.4) is 0 Å². The van der Waals surface area contributed by atoms with E-state index >= 15 is 0 Å². The number of imide groups is 1. The van der Waals surface area contributed by atoms with Crippen LogP contribution in [0.2, 0.25) is 0 Å². The van der Waals surface area contributed by atoms with E-state index in [0.29, 0.717) is 17.1 Å². The number of halogens is 1. The lowest BCUT2D eigenvalue weighted by atomic mass is 10.2. The number of amides is 4. The molecule has 1 fully saturated rings. The Bertz CT molecular complexity index is 1210. The van der Waals surface area contributed by atoms with Gasteiger partial charge in [0.05, 0.1) is 5.69 Å². The van der Waals surface area contributed by atoms with Gasteiger partial charge in [-0.05, 0) is 55.0 Å². The van der Waals surface area contributed by atoms with E-state index in [2.05, 4.69) is 10.6 Å². The fraction of sp³-hybridized carbons (Fsp3) is 0.0870. The molecule has 0 spiro atoms. The van der Waals surface area contributed by atoms with E-state index in [9.17, 15) is 18.8 Å². The minimum atomic E-state index is -0.695. The van der Waals surface area contributed by atoms with Gasteiger partial charge in [0, 0.05) is 17.6 Å². The van der Waals surface area contributed by atoms with Crippen molar-refractivity contribution in [1.82, 2.24) is 14.8 Å². The van der Waals surface area contributed by atoms with Crippen molar-refractivity contribution in [2.45, 2.75) is 6.92 Å². The van der Waals surface area contributed by atoms with Crippen LogP contribution in [0.4, 0.5) is 14.9 Å². The van der Waals surface area contributed by atoms with Crippen LogP contribution in [0, 0.1) is 12.7 Å². The molecule has 0 bridgehead atoms. The number of nitrogens with zero attached hydrogens (tertiary/aromatic N) is 2. The SMILES string of the molecule is Cc1cccc(NC(=O)CN2C(=O)NC(=Cc3cccn3-c3ccccc3F)C2=O)c1. The number of carbonyl (C=O) groups is 3. The second kappa shape index (κ2) is 8.27. The van der Waals surface area contributed by atoms with Gasteiger partial charge in [0.1, 0.15) is 18.1 Å². The zero-order valence-electron chi connectivity index (χ0n) is 16.6. The molecule has 3 aromatic rings. The van der Waals surface area contributed by atoms with E-state index in [0.717, 1.165) is 10.5 Å². The molecule has 0 atom stereocenters. The molecular weight excluding hydrogens is 399 g/mol. The number of aromatic nitrogens is 1. The summed E-state index contributed by atoms with van der Waals surface area (Å²) < 4.78 is 15.7. The minimum absolute atomic E-state index is 0.00430. The molecule has 4 amide bonds. The number of urea groups is 1. The predicted molar refractivity (Wildman–Crippen MR) is 114 cm³/mol. The molecule has 31 heavy (non-hydrogen) atoms. The Labute approximate surface area is 177 Å². The summed E-state index contributed by atoms with van der Waals surface area (Å²) in [5.41, 5.74) is 2.36. The number of hydrogen-bond acceptors (Lipinski definition) is 3. The summed E-state index contributed by atoms with van der Waals surface area (Å²) in [7, 11) is 0. The average Bonchev–Trinajstić information content (AvgIpc) is 3.28. The van der Waals surface area contributed by atoms with Gasteiger partial charge in [-0.2, -0.15) is 0 Å². The molecule has 2 aromatic carbocycles. The Kier molecular flexibility index (Phi) is 5.36. The molecule has 0 unspecified atom stereocenters. The summed E-state index contributed by atoms with van der Waals surface area (Å²) >= 11 is 0. The second-order valence-corrected chi connectivity index (χ2v) is 7.05. The summed E-state index contributed by atoms with van der Waals surface area (Å²) in [5, 5.41) is 5.15. The largest absolute Gasteiger partial charge is 0.329 e. The topological polar surface area (TPSA) is 83.4 Å². The van der Waals surface area contributed by atoms with E-state index in [-0.39, 0.29) is 5.70 Å². The number of para-hydroxylation sites is 1. The fourth-order valence-corrected chi connectivity index (χ4v) is 3.31. The highest BCUT2D eigenvalue weighted by Gasteiger charge is 2.35. The van der Waals surface area contributed by atoms with Crippen LogP contribution in [-0.2, 0) is 9.59 Å². The van der Waals surface area contributed by atoms with Gasteiger partial charge in [-0.1, -0.05) is 24.3 Å². The Morgan fingerprint density at radius 3 is 2.68 bits per heavy atom. The number of benzene rings is 2. The minimum Gasteiger partial charge on any atom is -0.325 e. The molecule has 1 aliphatic heterocycles. The molecule has 2 heterocycles. The Morgan fingerprint density at radius 2 is 1.90 bits per heavy atom. The van der Waals surface area contributed by atoms with Crippen LogP contribution in [0.5, 0.6) is 0 Å². The molecule has 8 heteroatoms. The van der Waals surface area contributed by atoms with Gasteiger partial charge in [-0.25, -0.2) is 14.1 Å². The van der Waals surface area contributed by atoms with Crippen molar-refractivity contribution >= 4 is 29.6 Å². The summed E-state index contributed by atoms with van der Waals surface area (Å²) in [6, 6.07) is 16.1.